The number of hydrogen-bond donors (Lipinski definition) is 2. The molecule has 0 atom stereocenters. The van der Waals surface area contributed by atoms with Gasteiger partial charge in [0.15, 0.2) is 0 Å². The van der Waals surface area contributed by atoms with Crippen molar-refractivity contribution in [3.8, 4) is 11.3 Å². The monoisotopic (exact) mass is 363 g/mol. The normalized spacial score (nSPS) is 11.3. The van der Waals surface area contributed by atoms with Crippen LogP contribution in [0.5, 0.6) is 0 Å². The van der Waals surface area contributed by atoms with Gasteiger partial charge in [0.2, 0.25) is 5.95 Å². The van der Waals surface area contributed by atoms with Crippen molar-refractivity contribution in [1.82, 2.24) is 15.0 Å². The molecule has 3 rings (SSSR count). The van der Waals surface area contributed by atoms with Gasteiger partial charge >= 0.3 is 6.18 Å². The van der Waals surface area contributed by atoms with E-state index in [2.05, 4.69) is 25.6 Å². The third-order valence-electron chi connectivity index (χ3n) is 3.48. The molecule has 0 aliphatic carbocycles. The lowest BCUT2D eigenvalue weighted by molar-refractivity contribution is -0.137. The molecule has 0 amide bonds. The second-order valence-corrected chi connectivity index (χ2v) is 5.24. The van der Waals surface area contributed by atoms with Crippen LogP contribution in [0.2, 0.25) is 0 Å². The highest BCUT2D eigenvalue weighted by molar-refractivity contribution is 5.68. The number of aromatic nitrogens is 3. The summed E-state index contributed by atoms with van der Waals surface area (Å²) in [5.41, 5.74) is -0.758. The summed E-state index contributed by atoms with van der Waals surface area (Å²) in [6.07, 6.45) is -1.58. The van der Waals surface area contributed by atoms with E-state index < -0.39 is 23.2 Å². The second kappa shape index (κ2) is 6.95. The Labute approximate surface area is 146 Å². The van der Waals surface area contributed by atoms with Crippen LogP contribution in [0.4, 0.5) is 35.0 Å². The summed E-state index contributed by atoms with van der Waals surface area (Å²) in [6.45, 7) is 0. The molecule has 3 aromatic rings. The number of rotatable bonds is 4. The van der Waals surface area contributed by atoms with Crippen LogP contribution >= 0.6 is 0 Å². The minimum atomic E-state index is -4.71. The zero-order valence-corrected chi connectivity index (χ0v) is 13.5. The SMILES string of the molecule is CNc1nc(Nc2c(F)cccc2C(F)(F)F)cc(-c2cccnc2)n1. The van der Waals surface area contributed by atoms with E-state index in [4.69, 9.17) is 0 Å². The third-order valence-corrected chi connectivity index (χ3v) is 3.48. The third kappa shape index (κ3) is 3.71. The van der Waals surface area contributed by atoms with Crippen molar-refractivity contribution in [1.29, 1.82) is 0 Å². The molecule has 26 heavy (non-hydrogen) atoms. The topological polar surface area (TPSA) is 62.7 Å². The highest BCUT2D eigenvalue weighted by Crippen LogP contribution is 2.37. The van der Waals surface area contributed by atoms with Gasteiger partial charge in [0.25, 0.3) is 0 Å². The predicted octanol–water partition coefficient (Wildman–Crippen LogP) is 4.48. The molecule has 9 heteroatoms. The minimum absolute atomic E-state index is 0.0128. The molecule has 0 aliphatic rings. The summed E-state index contributed by atoms with van der Waals surface area (Å²) in [6, 6.07) is 7.60. The number of nitrogens with zero attached hydrogens (tertiary/aromatic N) is 3. The zero-order chi connectivity index (χ0) is 18.7. The van der Waals surface area contributed by atoms with Gasteiger partial charge in [-0.25, -0.2) is 9.37 Å². The van der Waals surface area contributed by atoms with Crippen molar-refractivity contribution in [3.63, 3.8) is 0 Å². The molecule has 0 saturated carbocycles. The Kier molecular flexibility index (Phi) is 4.70. The average molecular weight is 363 g/mol. The van der Waals surface area contributed by atoms with E-state index in [0.29, 0.717) is 11.3 Å². The minimum Gasteiger partial charge on any atom is -0.357 e. The number of halogens is 4. The molecule has 2 aromatic heterocycles. The van der Waals surface area contributed by atoms with E-state index in [1.807, 2.05) is 0 Å². The van der Waals surface area contributed by atoms with Gasteiger partial charge in [-0.1, -0.05) is 6.07 Å². The molecule has 0 unspecified atom stereocenters. The Morgan fingerprint density at radius 3 is 2.50 bits per heavy atom. The van der Waals surface area contributed by atoms with E-state index in [1.54, 1.807) is 31.6 Å². The quantitative estimate of drug-likeness (QED) is 0.669. The molecule has 0 radical (unpaired) electrons. The Morgan fingerprint density at radius 2 is 1.85 bits per heavy atom. The maximum absolute atomic E-state index is 14.0. The van der Waals surface area contributed by atoms with E-state index in [1.165, 1.54) is 6.07 Å². The zero-order valence-electron chi connectivity index (χ0n) is 13.5. The molecule has 5 nitrogen and oxygen atoms in total. The molecule has 0 aliphatic heterocycles. The smallest absolute Gasteiger partial charge is 0.357 e. The first-order chi connectivity index (χ1) is 12.4. The summed E-state index contributed by atoms with van der Waals surface area (Å²) in [4.78, 5) is 12.3. The first-order valence-electron chi connectivity index (χ1n) is 7.48. The first kappa shape index (κ1) is 17.6. The highest BCUT2D eigenvalue weighted by Gasteiger charge is 2.34. The van der Waals surface area contributed by atoms with Crippen LogP contribution in [-0.4, -0.2) is 22.0 Å². The van der Waals surface area contributed by atoms with Crippen LogP contribution in [0, 0.1) is 5.82 Å². The van der Waals surface area contributed by atoms with Crippen molar-refractivity contribution < 1.29 is 17.6 Å². The van der Waals surface area contributed by atoms with Gasteiger partial charge in [0.1, 0.15) is 11.6 Å². The largest absolute Gasteiger partial charge is 0.418 e. The number of pyridine rings is 1. The fourth-order valence-corrected chi connectivity index (χ4v) is 2.30. The number of para-hydroxylation sites is 1. The Morgan fingerprint density at radius 1 is 1.04 bits per heavy atom. The molecule has 134 valence electrons. The summed E-state index contributed by atoms with van der Waals surface area (Å²) in [7, 11) is 1.57. The molecule has 2 N–H and O–H groups in total. The van der Waals surface area contributed by atoms with Crippen molar-refractivity contribution in [2.75, 3.05) is 17.7 Å². The fourth-order valence-electron chi connectivity index (χ4n) is 2.30. The molecule has 0 spiro atoms. The van der Waals surface area contributed by atoms with Gasteiger partial charge in [-0.15, -0.1) is 0 Å². The van der Waals surface area contributed by atoms with Gasteiger partial charge in [-0.05, 0) is 24.3 Å². The lowest BCUT2D eigenvalue weighted by atomic mass is 10.1. The Balaban J connectivity index is 2.07. The van der Waals surface area contributed by atoms with E-state index in [0.717, 1.165) is 18.2 Å². The summed E-state index contributed by atoms with van der Waals surface area (Å²) in [5.74, 6) is -0.857. The molecule has 0 bridgehead atoms. The molecular weight excluding hydrogens is 350 g/mol. The summed E-state index contributed by atoms with van der Waals surface area (Å²) in [5, 5.41) is 5.15. The first-order valence-corrected chi connectivity index (χ1v) is 7.48. The number of benzene rings is 1. The number of anilines is 3. The van der Waals surface area contributed by atoms with Gasteiger partial charge in [0.05, 0.1) is 16.9 Å². The van der Waals surface area contributed by atoms with Crippen molar-refractivity contribution in [2.45, 2.75) is 6.18 Å². The fraction of sp³-hybridized carbons (Fsp3) is 0.118. The summed E-state index contributed by atoms with van der Waals surface area (Å²) < 4.78 is 53.5. The van der Waals surface area contributed by atoms with Gasteiger partial charge in [-0.3, -0.25) is 4.98 Å². The number of hydrogen-bond acceptors (Lipinski definition) is 5. The van der Waals surface area contributed by atoms with E-state index >= 15 is 0 Å². The Bertz CT molecular complexity index is 913. The highest BCUT2D eigenvalue weighted by atomic mass is 19.4. The summed E-state index contributed by atoms with van der Waals surface area (Å²) >= 11 is 0. The van der Waals surface area contributed by atoms with Crippen LogP contribution in [0.1, 0.15) is 5.56 Å². The standard InChI is InChI=1S/C17H13F4N5/c1-22-16-24-13(10-4-3-7-23-9-10)8-14(26-16)25-15-11(17(19,20)21)5-2-6-12(15)18/h2-9H,1H3,(H2,22,24,25,26). The van der Waals surface area contributed by atoms with Crippen molar-refractivity contribution in [3.05, 3.63) is 60.2 Å². The predicted molar refractivity (Wildman–Crippen MR) is 89.5 cm³/mol. The van der Waals surface area contributed by atoms with E-state index in [9.17, 15) is 17.6 Å². The van der Waals surface area contributed by atoms with Crippen molar-refractivity contribution in [2.24, 2.45) is 0 Å². The van der Waals surface area contributed by atoms with Gasteiger partial charge < -0.3 is 10.6 Å². The molecule has 0 fully saturated rings. The van der Waals surface area contributed by atoms with Crippen LogP contribution in [-0.2, 0) is 6.18 Å². The molecular formula is C17H13F4N5. The number of nitrogens with one attached hydrogen (secondary N) is 2. The van der Waals surface area contributed by atoms with E-state index in [-0.39, 0.29) is 11.8 Å². The molecule has 0 saturated heterocycles. The van der Waals surface area contributed by atoms with Crippen LogP contribution in [0.25, 0.3) is 11.3 Å². The Hall–Kier alpha value is -3.23. The van der Waals surface area contributed by atoms with Crippen LogP contribution < -0.4 is 10.6 Å². The van der Waals surface area contributed by atoms with Gasteiger partial charge in [-0.2, -0.15) is 18.2 Å². The van der Waals surface area contributed by atoms with Crippen LogP contribution in [0.3, 0.4) is 0 Å². The maximum atomic E-state index is 14.0. The number of alkyl halides is 3. The molecule has 2 heterocycles. The lowest BCUT2D eigenvalue weighted by Crippen LogP contribution is -2.11. The maximum Gasteiger partial charge on any atom is 0.418 e. The second-order valence-electron chi connectivity index (χ2n) is 5.24. The molecule has 1 aromatic carbocycles. The lowest BCUT2D eigenvalue weighted by Gasteiger charge is -2.15. The average Bonchev–Trinajstić information content (AvgIpc) is 2.63. The van der Waals surface area contributed by atoms with Crippen molar-refractivity contribution >= 4 is 17.5 Å². The van der Waals surface area contributed by atoms with Crippen LogP contribution in [0.15, 0.2) is 48.8 Å². The van der Waals surface area contributed by atoms with Gasteiger partial charge in [0, 0.05) is 31.1 Å².